The van der Waals surface area contributed by atoms with Crippen molar-refractivity contribution in [3.63, 3.8) is 0 Å². The molecular formula is C13H18N2O2. The van der Waals surface area contributed by atoms with Crippen LogP contribution >= 0.6 is 0 Å². The molecule has 17 heavy (non-hydrogen) atoms. The molecule has 2 unspecified atom stereocenters. The molecule has 1 fully saturated rings. The Morgan fingerprint density at radius 1 is 1.47 bits per heavy atom. The van der Waals surface area contributed by atoms with E-state index in [4.69, 9.17) is 10.8 Å². The van der Waals surface area contributed by atoms with E-state index in [0.717, 1.165) is 19.5 Å². The molecule has 0 spiro atoms. The average molecular weight is 234 g/mol. The number of aliphatic carboxylic acids is 1. The fraction of sp³-hybridized carbons (Fsp3) is 0.462. The van der Waals surface area contributed by atoms with Crippen LogP contribution in [-0.4, -0.2) is 30.2 Å². The number of benzene rings is 1. The average Bonchev–Trinajstić information content (AvgIpc) is 2.78. The lowest BCUT2D eigenvalue weighted by Crippen LogP contribution is -2.33. The normalized spacial score (nSPS) is 21.5. The quantitative estimate of drug-likeness (QED) is 0.824. The smallest absolute Gasteiger partial charge is 0.320 e. The van der Waals surface area contributed by atoms with Crippen molar-refractivity contribution in [1.82, 2.24) is 0 Å². The van der Waals surface area contributed by atoms with Crippen LogP contribution in [0, 0.1) is 5.92 Å². The second kappa shape index (κ2) is 5.19. The van der Waals surface area contributed by atoms with Crippen LogP contribution in [0.25, 0.3) is 0 Å². The number of rotatable bonds is 4. The van der Waals surface area contributed by atoms with Crippen LogP contribution in [-0.2, 0) is 4.79 Å². The van der Waals surface area contributed by atoms with Crippen LogP contribution in [0.15, 0.2) is 30.3 Å². The monoisotopic (exact) mass is 234 g/mol. The van der Waals surface area contributed by atoms with Gasteiger partial charge in [0, 0.05) is 18.8 Å². The van der Waals surface area contributed by atoms with Crippen LogP contribution in [0.5, 0.6) is 0 Å². The first-order valence-electron chi connectivity index (χ1n) is 5.95. The second-order valence-electron chi connectivity index (χ2n) is 4.62. The summed E-state index contributed by atoms with van der Waals surface area (Å²) in [5.74, 6) is -0.510. The highest BCUT2D eigenvalue weighted by Gasteiger charge is 2.26. The lowest BCUT2D eigenvalue weighted by atomic mass is 10.00. The zero-order valence-electron chi connectivity index (χ0n) is 9.75. The van der Waals surface area contributed by atoms with Crippen molar-refractivity contribution in [2.24, 2.45) is 11.7 Å². The summed E-state index contributed by atoms with van der Waals surface area (Å²) >= 11 is 0. The fourth-order valence-electron chi connectivity index (χ4n) is 2.36. The van der Waals surface area contributed by atoms with Gasteiger partial charge in [0.15, 0.2) is 0 Å². The third-order valence-electron chi connectivity index (χ3n) is 3.31. The van der Waals surface area contributed by atoms with E-state index in [1.807, 2.05) is 18.2 Å². The van der Waals surface area contributed by atoms with Gasteiger partial charge in [0.25, 0.3) is 0 Å². The Balaban J connectivity index is 1.90. The number of hydrogen-bond donors (Lipinski definition) is 2. The molecular weight excluding hydrogens is 216 g/mol. The van der Waals surface area contributed by atoms with Gasteiger partial charge in [0.2, 0.25) is 0 Å². The molecule has 1 aromatic carbocycles. The molecule has 92 valence electrons. The van der Waals surface area contributed by atoms with Gasteiger partial charge in [-0.2, -0.15) is 0 Å². The summed E-state index contributed by atoms with van der Waals surface area (Å²) in [6.07, 6.45) is 1.59. The molecule has 1 aliphatic rings. The third-order valence-corrected chi connectivity index (χ3v) is 3.31. The van der Waals surface area contributed by atoms with E-state index < -0.39 is 12.0 Å². The van der Waals surface area contributed by atoms with Gasteiger partial charge in [0.05, 0.1) is 0 Å². The van der Waals surface area contributed by atoms with Crippen LogP contribution in [0.1, 0.15) is 12.8 Å². The molecule has 2 atom stereocenters. The van der Waals surface area contributed by atoms with Crippen LogP contribution in [0.3, 0.4) is 0 Å². The molecule has 1 saturated heterocycles. The number of hydrogen-bond acceptors (Lipinski definition) is 3. The zero-order chi connectivity index (χ0) is 12.3. The number of nitrogens with zero attached hydrogens (tertiary/aromatic N) is 1. The molecule has 0 amide bonds. The van der Waals surface area contributed by atoms with Gasteiger partial charge in [-0.1, -0.05) is 18.2 Å². The molecule has 4 heteroatoms. The van der Waals surface area contributed by atoms with Crippen molar-refractivity contribution in [2.75, 3.05) is 18.0 Å². The lowest BCUT2D eigenvalue weighted by Gasteiger charge is -2.19. The molecule has 1 heterocycles. The maximum Gasteiger partial charge on any atom is 0.320 e. The summed E-state index contributed by atoms with van der Waals surface area (Å²) in [6.45, 7) is 1.89. The Kier molecular flexibility index (Phi) is 3.64. The van der Waals surface area contributed by atoms with Gasteiger partial charge >= 0.3 is 5.97 Å². The molecule has 2 rings (SSSR count). The van der Waals surface area contributed by atoms with Crippen LogP contribution in [0.2, 0.25) is 0 Å². The number of nitrogens with two attached hydrogens (primary N) is 1. The predicted molar refractivity (Wildman–Crippen MR) is 67.0 cm³/mol. The van der Waals surface area contributed by atoms with E-state index in [-0.39, 0.29) is 0 Å². The first-order valence-corrected chi connectivity index (χ1v) is 5.95. The van der Waals surface area contributed by atoms with Crippen molar-refractivity contribution in [1.29, 1.82) is 0 Å². The van der Waals surface area contributed by atoms with Crippen LogP contribution < -0.4 is 10.6 Å². The topological polar surface area (TPSA) is 66.6 Å². The minimum Gasteiger partial charge on any atom is -0.480 e. The molecule has 0 radical (unpaired) electrons. The Bertz CT molecular complexity index is 380. The third kappa shape index (κ3) is 2.97. The molecule has 3 N–H and O–H groups in total. The fourth-order valence-corrected chi connectivity index (χ4v) is 2.36. The van der Waals surface area contributed by atoms with Crippen molar-refractivity contribution in [3.8, 4) is 0 Å². The summed E-state index contributed by atoms with van der Waals surface area (Å²) < 4.78 is 0. The van der Waals surface area contributed by atoms with Gasteiger partial charge in [-0.15, -0.1) is 0 Å². The Hall–Kier alpha value is -1.55. The molecule has 4 nitrogen and oxygen atoms in total. The highest BCUT2D eigenvalue weighted by atomic mass is 16.4. The summed E-state index contributed by atoms with van der Waals surface area (Å²) in [7, 11) is 0. The molecule has 0 aliphatic carbocycles. The summed E-state index contributed by atoms with van der Waals surface area (Å²) in [5, 5.41) is 8.79. The van der Waals surface area contributed by atoms with Gasteiger partial charge in [0.1, 0.15) is 6.04 Å². The van der Waals surface area contributed by atoms with Gasteiger partial charge in [-0.05, 0) is 30.9 Å². The van der Waals surface area contributed by atoms with Gasteiger partial charge in [-0.25, -0.2) is 0 Å². The summed E-state index contributed by atoms with van der Waals surface area (Å²) in [4.78, 5) is 13.0. The second-order valence-corrected chi connectivity index (χ2v) is 4.62. The number of para-hydroxylation sites is 1. The van der Waals surface area contributed by atoms with Crippen molar-refractivity contribution < 1.29 is 9.90 Å². The van der Waals surface area contributed by atoms with Crippen molar-refractivity contribution in [2.45, 2.75) is 18.9 Å². The van der Waals surface area contributed by atoms with E-state index in [1.165, 1.54) is 5.69 Å². The first kappa shape index (κ1) is 11.9. The minimum atomic E-state index is -0.900. The molecule has 1 aliphatic heterocycles. The summed E-state index contributed by atoms with van der Waals surface area (Å²) in [5.41, 5.74) is 6.77. The molecule has 0 bridgehead atoms. The maximum absolute atomic E-state index is 10.7. The molecule has 0 saturated carbocycles. The van der Waals surface area contributed by atoms with Gasteiger partial charge < -0.3 is 15.7 Å². The van der Waals surface area contributed by atoms with E-state index in [9.17, 15) is 4.79 Å². The Morgan fingerprint density at radius 3 is 2.82 bits per heavy atom. The minimum absolute atomic E-state index is 0.390. The van der Waals surface area contributed by atoms with E-state index in [1.54, 1.807) is 0 Å². The predicted octanol–water partition coefficient (Wildman–Crippen LogP) is 1.31. The number of anilines is 1. The number of carboxylic acid groups (broad SMARTS) is 1. The lowest BCUT2D eigenvalue weighted by molar-refractivity contribution is -0.138. The largest absolute Gasteiger partial charge is 0.480 e. The van der Waals surface area contributed by atoms with Crippen LogP contribution in [0.4, 0.5) is 5.69 Å². The van der Waals surface area contributed by atoms with E-state index in [2.05, 4.69) is 17.0 Å². The highest BCUT2D eigenvalue weighted by Crippen LogP contribution is 2.25. The molecule has 0 aromatic heterocycles. The Morgan fingerprint density at radius 2 is 2.18 bits per heavy atom. The van der Waals surface area contributed by atoms with Gasteiger partial charge in [-0.3, -0.25) is 4.79 Å². The van der Waals surface area contributed by atoms with E-state index >= 15 is 0 Å². The maximum atomic E-state index is 10.7. The Labute approximate surface area is 101 Å². The zero-order valence-corrected chi connectivity index (χ0v) is 9.75. The highest BCUT2D eigenvalue weighted by molar-refractivity contribution is 5.73. The number of carbonyl (C=O) groups is 1. The van der Waals surface area contributed by atoms with Crippen molar-refractivity contribution >= 4 is 11.7 Å². The number of carboxylic acids is 1. The standard InChI is InChI=1S/C13H18N2O2/c14-12(13(16)17)8-10-6-7-15(9-10)11-4-2-1-3-5-11/h1-5,10,12H,6-9,14H2,(H,16,17). The molecule has 1 aromatic rings. The SMILES string of the molecule is NC(CC1CCN(c2ccccc2)C1)C(=O)O. The first-order chi connectivity index (χ1) is 8.16. The van der Waals surface area contributed by atoms with Crippen molar-refractivity contribution in [3.05, 3.63) is 30.3 Å². The summed E-state index contributed by atoms with van der Waals surface area (Å²) in [6, 6.07) is 9.48. The van der Waals surface area contributed by atoms with E-state index in [0.29, 0.717) is 12.3 Å².